The van der Waals surface area contributed by atoms with Crippen LogP contribution < -0.4 is 11.2 Å². The van der Waals surface area contributed by atoms with E-state index in [0.717, 1.165) is 31.5 Å². The first kappa shape index (κ1) is 16.6. The lowest BCUT2D eigenvalue weighted by Gasteiger charge is -2.07. The number of benzene rings is 1. The monoisotopic (exact) mass is 389 g/mol. The van der Waals surface area contributed by atoms with Crippen molar-refractivity contribution in [1.29, 1.82) is 0 Å². The van der Waals surface area contributed by atoms with Gasteiger partial charge in [0.1, 0.15) is 4.70 Å². The second-order valence-electron chi connectivity index (χ2n) is 6.61. The smallest absolute Gasteiger partial charge is 0.306 e. The molecule has 0 saturated carbocycles. The normalized spacial score (nSPS) is 11.5. The van der Waals surface area contributed by atoms with Gasteiger partial charge in [-0.25, -0.2) is 9.36 Å². The van der Waals surface area contributed by atoms with Gasteiger partial charge in [0.2, 0.25) is 0 Å². The van der Waals surface area contributed by atoms with Gasteiger partial charge in [-0.15, -0.1) is 11.3 Å². The van der Waals surface area contributed by atoms with E-state index >= 15 is 0 Å². The molecule has 5 aromatic rings. The van der Waals surface area contributed by atoms with E-state index in [1.54, 1.807) is 17.1 Å². The molecule has 0 spiro atoms. The number of hydrogen-bond donors (Lipinski definition) is 1. The molecule has 0 bridgehead atoms. The molecule has 1 N–H and O–H groups in total. The van der Waals surface area contributed by atoms with Gasteiger partial charge < -0.3 is 4.98 Å². The highest BCUT2D eigenvalue weighted by atomic mass is 32.1. The van der Waals surface area contributed by atoms with Crippen molar-refractivity contribution in [2.75, 3.05) is 0 Å². The number of pyridine rings is 1. The van der Waals surface area contributed by atoms with Crippen molar-refractivity contribution in [2.45, 2.75) is 6.92 Å². The lowest BCUT2D eigenvalue weighted by molar-refractivity contribution is 0.756. The molecule has 28 heavy (non-hydrogen) atoms. The lowest BCUT2D eigenvalue weighted by Crippen LogP contribution is -2.33. The number of H-pyrrole nitrogens is 1. The van der Waals surface area contributed by atoms with E-state index < -0.39 is 5.69 Å². The number of hydrogen-bond acceptors (Lipinski definition) is 5. The Hall–Kier alpha value is -3.52. The number of aromatic nitrogens is 5. The van der Waals surface area contributed by atoms with Crippen molar-refractivity contribution in [3.8, 4) is 16.1 Å². The van der Waals surface area contributed by atoms with Crippen molar-refractivity contribution in [3.63, 3.8) is 0 Å². The number of rotatable bonds is 2. The first-order valence-corrected chi connectivity index (χ1v) is 9.47. The summed E-state index contributed by atoms with van der Waals surface area (Å²) >= 11 is 1.35. The van der Waals surface area contributed by atoms with Crippen molar-refractivity contribution >= 4 is 32.3 Å². The van der Waals surface area contributed by atoms with Gasteiger partial charge in [0, 0.05) is 40.7 Å². The van der Waals surface area contributed by atoms with E-state index in [4.69, 9.17) is 0 Å². The Balaban J connectivity index is 1.81. The molecule has 0 aliphatic heterocycles. The number of aromatic amines is 1. The number of aryl methyl sites for hydroxylation is 2. The average molecular weight is 389 g/mol. The Morgan fingerprint density at radius 1 is 1.14 bits per heavy atom. The summed E-state index contributed by atoms with van der Waals surface area (Å²) in [6.07, 6.45) is 5.17. The summed E-state index contributed by atoms with van der Waals surface area (Å²) in [6.45, 7) is 1.92. The summed E-state index contributed by atoms with van der Waals surface area (Å²) in [5.41, 5.74) is 1.98. The third kappa shape index (κ3) is 2.42. The minimum atomic E-state index is -0.483. The summed E-state index contributed by atoms with van der Waals surface area (Å²) in [4.78, 5) is 33.9. The van der Waals surface area contributed by atoms with E-state index in [9.17, 15) is 9.59 Å². The SMILES string of the molecule is Cc1nn(C)cc1-c1cc2[nH]c(=O)n(-c3cncc4ccccc34)c(=O)c2s1. The molecule has 0 aliphatic rings. The van der Waals surface area contributed by atoms with Crippen LogP contribution in [0.5, 0.6) is 0 Å². The van der Waals surface area contributed by atoms with Gasteiger partial charge in [-0.1, -0.05) is 24.3 Å². The molecule has 0 unspecified atom stereocenters. The highest BCUT2D eigenvalue weighted by molar-refractivity contribution is 7.22. The maximum atomic E-state index is 13.2. The minimum Gasteiger partial charge on any atom is -0.306 e. The van der Waals surface area contributed by atoms with E-state index in [1.165, 1.54) is 11.3 Å². The Kier molecular flexibility index (Phi) is 3.56. The minimum absolute atomic E-state index is 0.352. The van der Waals surface area contributed by atoms with Crippen molar-refractivity contribution < 1.29 is 0 Å². The zero-order chi connectivity index (χ0) is 19.4. The first-order valence-electron chi connectivity index (χ1n) is 8.65. The average Bonchev–Trinajstić information content (AvgIpc) is 3.24. The lowest BCUT2D eigenvalue weighted by atomic mass is 10.1. The molecule has 138 valence electrons. The number of fused-ring (bicyclic) bond motifs is 2. The van der Waals surface area contributed by atoms with Crippen LogP contribution in [0.15, 0.2) is 58.5 Å². The molecule has 0 atom stereocenters. The number of nitrogens with one attached hydrogen (secondary N) is 1. The zero-order valence-electron chi connectivity index (χ0n) is 15.1. The molecule has 0 fully saturated rings. The zero-order valence-corrected chi connectivity index (χ0v) is 15.9. The van der Waals surface area contributed by atoms with Crippen molar-refractivity contribution in [2.24, 2.45) is 7.05 Å². The summed E-state index contributed by atoms with van der Waals surface area (Å²) in [5, 5.41) is 6.02. The Labute approximate surface area is 162 Å². The van der Waals surface area contributed by atoms with Gasteiger partial charge in [0.25, 0.3) is 5.56 Å². The second-order valence-corrected chi connectivity index (χ2v) is 7.66. The van der Waals surface area contributed by atoms with Crippen LogP contribution in [0.2, 0.25) is 0 Å². The summed E-state index contributed by atoms with van der Waals surface area (Å²) < 4.78 is 3.39. The third-order valence-corrected chi connectivity index (χ3v) is 5.90. The van der Waals surface area contributed by atoms with E-state index in [2.05, 4.69) is 15.1 Å². The Morgan fingerprint density at radius 2 is 1.96 bits per heavy atom. The second kappa shape index (κ2) is 6.00. The van der Waals surface area contributed by atoms with Crippen LogP contribution in [0.4, 0.5) is 0 Å². The molecule has 7 nitrogen and oxygen atoms in total. The standard InChI is InChI=1S/C20H15N5O2S/c1-11-14(10-24(2)23-11)17-7-15-18(28-17)19(26)25(20(27)22-15)16-9-21-8-12-5-3-4-6-13(12)16/h3-10H,1-2H3,(H,22,27). The predicted octanol–water partition coefficient (Wildman–Crippen LogP) is 3.00. The van der Waals surface area contributed by atoms with Gasteiger partial charge in [-0.3, -0.25) is 14.5 Å². The Bertz CT molecular complexity index is 1480. The van der Waals surface area contributed by atoms with Crippen LogP contribution in [-0.4, -0.2) is 24.3 Å². The van der Waals surface area contributed by atoms with Gasteiger partial charge in [-0.2, -0.15) is 5.10 Å². The molecule has 5 rings (SSSR count). The Morgan fingerprint density at radius 3 is 2.75 bits per heavy atom. The van der Waals surface area contributed by atoms with Gasteiger partial charge in [0.05, 0.1) is 23.1 Å². The van der Waals surface area contributed by atoms with E-state index in [1.807, 2.05) is 50.5 Å². The number of thiophene rings is 1. The van der Waals surface area contributed by atoms with Crippen LogP contribution in [0.25, 0.3) is 37.1 Å². The van der Waals surface area contributed by atoms with Crippen LogP contribution >= 0.6 is 11.3 Å². The largest absolute Gasteiger partial charge is 0.333 e. The fraction of sp³-hybridized carbons (Fsp3) is 0.100. The maximum absolute atomic E-state index is 13.2. The van der Waals surface area contributed by atoms with Crippen molar-refractivity contribution in [3.05, 3.63) is 75.5 Å². The highest BCUT2D eigenvalue weighted by Gasteiger charge is 2.17. The van der Waals surface area contributed by atoms with E-state index in [-0.39, 0.29) is 5.56 Å². The fourth-order valence-electron chi connectivity index (χ4n) is 3.48. The molecule has 0 amide bonds. The highest BCUT2D eigenvalue weighted by Crippen LogP contribution is 2.32. The predicted molar refractivity (Wildman–Crippen MR) is 110 cm³/mol. The quantitative estimate of drug-likeness (QED) is 0.503. The van der Waals surface area contributed by atoms with Crippen LogP contribution in [0.3, 0.4) is 0 Å². The molecule has 8 heteroatoms. The molecule has 4 heterocycles. The van der Waals surface area contributed by atoms with Crippen LogP contribution in [0.1, 0.15) is 5.69 Å². The molecular formula is C20H15N5O2S. The van der Waals surface area contributed by atoms with Gasteiger partial charge in [-0.05, 0) is 13.0 Å². The third-order valence-electron chi connectivity index (χ3n) is 4.74. The van der Waals surface area contributed by atoms with E-state index in [0.29, 0.717) is 15.9 Å². The molecule has 0 saturated heterocycles. The molecular weight excluding hydrogens is 374 g/mol. The molecule has 0 aliphatic carbocycles. The summed E-state index contributed by atoms with van der Waals surface area (Å²) in [7, 11) is 1.85. The van der Waals surface area contributed by atoms with Crippen molar-refractivity contribution in [1.82, 2.24) is 24.3 Å². The number of nitrogens with zero attached hydrogens (tertiary/aromatic N) is 4. The molecule has 0 radical (unpaired) electrons. The summed E-state index contributed by atoms with van der Waals surface area (Å²) in [5.74, 6) is 0. The summed E-state index contributed by atoms with van der Waals surface area (Å²) in [6, 6.07) is 9.38. The van der Waals surface area contributed by atoms with Crippen LogP contribution in [-0.2, 0) is 7.05 Å². The molecule has 4 aromatic heterocycles. The van der Waals surface area contributed by atoms with Gasteiger partial charge in [0.15, 0.2) is 0 Å². The van der Waals surface area contributed by atoms with Crippen LogP contribution in [0, 0.1) is 6.92 Å². The molecule has 1 aromatic carbocycles. The van der Waals surface area contributed by atoms with Gasteiger partial charge >= 0.3 is 5.69 Å². The topological polar surface area (TPSA) is 85.6 Å². The maximum Gasteiger partial charge on any atom is 0.333 e. The fourth-order valence-corrected chi connectivity index (χ4v) is 4.58. The first-order chi connectivity index (χ1) is 13.5.